The molecule has 3 atom stereocenters. The molecule has 2 fully saturated rings. The van der Waals surface area contributed by atoms with Gasteiger partial charge in [0.2, 0.25) is 5.95 Å². The number of nitrogens with zero attached hydrogens (tertiary/aromatic N) is 5. The minimum atomic E-state index is 0.0441. The van der Waals surface area contributed by atoms with Crippen molar-refractivity contribution >= 4 is 11.9 Å². The van der Waals surface area contributed by atoms with E-state index in [9.17, 15) is 4.79 Å². The molecule has 0 saturated carbocycles. The van der Waals surface area contributed by atoms with E-state index in [1.807, 2.05) is 18.2 Å². The molecule has 1 amide bonds. The molecule has 5 rings (SSSR count). The number of aryl methyl sites for hydroxylation is 1. The molecule has 6 heteroatoms. The van der Waals surface area contributed by atoms with Crippen LogP contribution in [0.1, 0.15) is 27.5 Å². The predicted molar refractivity (Wildman–Crippen MR) is 110 cm³/mol. The monoisotopic (exact) mass is 385 g/mol. The summed E-state index contributed by atoms with van der Waals surface area (Å²) < 4.78 is 0. The highest BCUT2D eigenvalue weighted by molar-refractivity contribution is 5.94. The zero-order valence-corrected chi connectivity index (χ0v) is 16.3. The highest BCUT2D eigenvalue weighted by Crippen LogP contribution is 2.46. The van der Waals surface area contributed by atoms with Crippen molar-refractivity contribution in [1.82, 2.24) is 19.9 Å². The van der Waals surface area contributed by atoms with Crippen LogP contribution in [0.5, 0.6) is 0 Å². The van der Waals surface area contributed by atoms with Crippen molar-refractivity contribution in [2.45, 2.75) is 13.0 Å². The highest BCUT2D eigenvalue weighted by Gasteiger charge is 2.50. The Morgan fingerprint density at radius 3 is 2.55 bits per heavy atom. The van der Waals surface area contributed by atoms with Gasteiger partial charge in [0.05, 0.1) is 11.6 Å². The van der Waals surface area contributed by atoms with Crippen LogP contribution in [0.2, 0.25) is 0 Å². The van der Waals surface area contributed by atoms with E-state index in [-0.39, 0.29) is 11.9 Å². The van der Waals surface area contributed by atoms with Crippen LogP contribution in [0, 0.1) is 18.8 Å². The first-order valence-corrected chi connectivity index (χ1v) is 10.0. The SMILES string of the molecule is Cc1ccccc1[C@H]1[C@H]2CN(c3ncccn3)C[C@H]2CN1C(=O)c1cccnc1. The fourth-order valence-electron chi connectivity index (χ4n) is 4.84. The number of amides is 1. The normalized spacial score (nSPS) is 23.3. The van der Waals surface area contributed by atoms with Gasteiger partial charge in [-0.3, -0.25) is 9.78 Å². The van der Waals surface area contributed by atoms with Gasteiger partial charge in [0, 0.05) is 56.3 Å². The smallest absolute Gasteiger partial charge is 0.255 e. The summed E-state index contributed by atoms with van der Waals surface area (Å²) in [6.07, 6.45) is 6.93. The van der Waals surface area contributed by atoms with Crippen molar-refractivity contribution < 1.29 is 4.79 Å². The van der Waals surface area contributed by atoms with Crippen LogP contribution in [0.25, 0.3) is 0 Å². The van der Waals surface area contributed by atoms with E-state index in [4.69, 9.17) is 0 Å². The Hall–Kier alpha value is -3.28. The third-order valence-corrected chi connectivity index (χ3v) is 6.18. The maximum absolute atomic E-state index is 13.4. The molecule has 2 saturated heterocycles. The molecule has 0 unspecified atom stereocenters. The van der Waals surface area contributed by atoms with Crippen molar-refractivity contribution in [1.29, 1.82) is 0 Å². The molecule has 3 aromatic rings. The Balaban J connectivity index is 1.50. The second-order valence-corrected chi connectivity index (χ2v) is 7.88. The number of anilines is 1. The third kappa shape index (κ3) is 3.14. The molecular weight excluding hydrogens is 362 g/mol. The number of carbonyl (C=O) groups excluding carboxylic acids is 1. The molecule has 0 bridgehead atoms. The Bertz CT molecular complexity index is 1010. The molecule has 0 spiro atoms. The molecular formula is C23H23N5O. The zero-order valence-electron chi connectivity index (χ0n) is 16.3. The van der Waals surface area contributed by atoms with Crippen molar-refractivity contribution in [3.8, 4) is 0 Å². The summed E-state index contributed by atoms with van der Waals surface area (Å²) in [4.78, 5) is 30.7. The van der Waals surface area contributed by atoms with Crippen LogP contribution in [0.15, 0.2) is 67.3 Å². The minimum absolute atomic E-state index is 0.0441. The molecule has 146 valence electrons. The molecule has 0 radical (unpaired) electrons. The lowest BCUT2D eigenvalue weighted by Gasteiger charge is -2.31. The third-order valence-electron chi connectivity index (χ3n) is 6.18. The molecule has 0 aliphatic carbocycles. The Labute approximate surface area is 170 Å². The molecule has 2 aliphatic rings. The molecule has 2 aromatic heterocycles. The number of hydrogen-bond acceptors (Lipinski definition) is 5. The van der Waals surface area contributed by atoms with E-state index < -0.39 is 0 Å². The van der Waals surface area contributed by atoms with Gasteiger partial charge in [-0.25, -0.2) is 9.97 Å². The molecule has 0 N–H and O–H groups in total. The second kappa shape index (κ2) is 7.28. The van der Waals surface area contributed by atoms with Crippen molar-refractivity contribution in [2.24, 2.45) is 11.8 Å². The maximum Gasteiger partial charge on any atom is 0.255 e. The number of fused-ring (bicyclic) bond motifs is 1. The number of carbonyl (C=O) groups is 1. The number of hydrogen-bond donors (Lipinski definition) is 0. The highest BCUT2D eigenvalue weighted by atomic mass is 16.2. The van der Waals surface area contributed by atoms with E-state index in [0.717, 1.165) is 25.6 Å². The first kappa shape index (κ1) is 17.8. The number of rotatable bonds is 3. The zero-order chi connectivity index (χ0) is 19.8. The average molecular weight is 385 g/mol. The maximum atomic E-state index is 13.4. The summed E-state index contributed by atoms with van der Waals surface area (Å²) in [5, 5.41) is 0. The first-order valence-electron chi connectivity index (χ1n) is 10.0. The van der Waals surface area contributed by atoms with E-state index in [1.54, 1.807) is 24.8 Å². The van der Waals surface area contributed by atoms with Gasteiger partial charge in [-0.1, -0.05) is 24.3 Å². The molecule has 1 aromatic carbocycles. The lowest BCUT2D eigenvalue weighted by atomic mass is 9.87. The van der Waals surface area contributed by atoms with Crippen LogP contribution in [-0.2, 0) is 0 Å². The quantitative estimate of drug-likeness (QED) is 0.693. The standard InChI is InChI=1S/C23H23N5O/c1-16-6-2-3-8-19(16)21-20-15-27(23-25-10-5-11-26-23)13-18(20)14-28(21)22(29)17-7-4-9-24-12-17/h2-12,18,20-21H,13-15H2,1H3/t18-,20-,21-/m0/s1. The van der Waals surface area contributed by atoms with Crippen LogP contribution in [-0.4, -0.2) is 45.4 Å². The fourth-order valence-corrected chi connectivity index (χ4v) is 4.84. The van der Waals surface area contributed by atoms with Crippen LogP contribution < -0.4 is 4.90 Å². The van der Waals surface area contributed by atoms with E-state index >= 15 is 0 Å². The first-order chi connectivity index (χ1) is 14.2. The summed E-state index contributed by atoms with van der Waals surface area (Å²) >= 11 is 0. The summed E-state index contributed by atoms with van der Waals surface area (Å²) in [7, 11) is 0. The fraction of sp³-hybridized carbons (Fsp3) is 0.304. The summed E-state index contributed by atoms with van der Waals surface area (Å²) in [6, 6.07) is 14.0. The predicted octanol–water partition coefficient (Wildman–Crippen LogP) is 3.13. The Kier molecular flexibility index (Phi) is 4.46. The topological polar surface area (TPSA) is 62.2 Å². The summed E-state index contributed by atoms with van der Waals surface area (Å²) in [5.74, 6) is 1.57. The van der Waals surface area contributed by atoms with Crippen molar-refractivity contribution in [3.63, 3.8) is 0 Å². The number of aromatic nitrogens is 3. The van der Waals surface area contributed by atoms with Crippen molar-refractivity contribution in [3.05, 3.63) is 83.9 Å². The van der Waals surface area contributed by atoms with Crippen LogP contribution in [0.4, 0.5) is 5.95 Å². The number of pyridine rings is 1. The summed E-state index contributed by atoms with van der Waals surface area (Å²) in [6.45, 7) is 4.58. The van der Waals surface area contributed by atoms with Crippen molar-refractivity contribution in [2.75, 3.05) is 24.5 Å². The largest absolute Gasteiger partial charge is 0.340 e. The lowest BCUT2D eigenvalue weighted by molar-refractivity contribution is 0.0715. The number of benzene rings is 1. The van der Waals surface area contributed by atoms with Gasteiger partial charge in [-0.05, 0) is 36.2 Å². The van der Waals surface area contributed by atoms with Gasteiger partial charge in [0.15, 0.2) is 0 Å². The van der Waals surface area contributed by atoms with Gasteiger partial charge in [0.25, 0.3) is 5.91 Å². The van der Waals surface area contributed by atoms with Crippen LogP contribution >= 0.6 is 0 Å². The second-order valence-electron chi connectivity index (χ2n) is 7.88. The number of likely N-dealkylation sites (tertiary alicyclic amines) is 1. The summed E-state index contributed by atoms with van der Waals surface area (Å²) in [5.41, 5.74) is 3.10. The van der Waals surface area contributed by atoms with Gasteiger partial charge in [-0.2, -0.15) is 0 Å². The van der Waals surface area contributed by atoms with Gasteiger partial charge >= 0.3 is 0 Å². The van der Waals surface area contributed by atoms with E-state index in [1.165, 1.54) is 11.1 Å². The molecule has 6 nitrogen and oxygen atoms in total. The van der Waals surface area contributed by atoms with Gasteiger partial charge < -0.3 is 9.80 Å². The van der Waals surface area contributed by atoms with E-state index in [2.05, 4.69) is 55.9 Å². The Morgan fingerprint density at radius 1 is 0.966 bits per heavy atom. The van der Waals surface area contributed by atoms with E-state index in [0.29, 0.717) is 17.4 Å². The lowest BCUT2D eigenvalue weighted by Crippen LogP contribution is -2.36. The minimum Gasteiger partial charge on any atom is -0.340 e. The Morgan fingerprint density at radius 2 is 1.79 bits per heavy atom. The average Bonchev–Trinajstić information content (AvgIpc) is 3.33. The molecule has 2 aliphatic heterocycles. The van der Waals surface area contributed by atoms with Gasteiger partial charge in [-0.15, -0.1) is 0 Å². The molecule has 29 heavy (non-hydrogen) atoms. The van der Waals surface area contributed by atoms with Crippen LogP contribution in [0.3, 0.4) is 0 Å². The van der Waals surface area contributed by atoms with Gasteiger partial charge in [0.1, 0.15) is 0 Å². The molecule has 4 heterocycles.